The van der Waals surface area contributed by atoms with E-state index in [0.29, 0.717) is 12.2 Å². The molecule has 1 aromatic heterocycles. The lowest BCUT2D eigenvalue weighted by molar-refractivity contribution is 0.301. The molecule has 0 bridgehead atoms. The molecule has 18 heavy (non-hydrogen) atoms. The zero-order valence-electron chi connectivity index (χ0n) is 10.2. The van der Waals surface area contributed by atoms with Gasteiger partial charge in [0.25, 0.3) is 0 Å². The molecule has 1 aromatic carbocycles. The maximum atomic E-state index is 13.7. The van der Waals surface area contributed by atoms with Gasteiger partial charge in [-0.05, 0) is 24.4 Å². The summed E-state index contributed by atoms with van der Waals surface area (Å²) in [6.45, 7) is 2.28. The van der Waals surface area contributed by atoms with Crippen LogP contribution in [0.3, 0.4) is 0 Å². The van der Waals surface area contributed by atoms with Crippen LogP contribution in [0.4, 0.5) is 4.39 Å². The van der Waals surface area contributed by atoms with Crippen molar-refractivity contribution in [3.63, 3.8) is 0 Å². The van der Waals surface area contributed by atoms with Crippen LogP contribution < -0.4 is 10.5 Å². The monoisotopic (exact) mass is 265 g/mol. The van der Waals surface area contributed by atoms with Crippen molar-refractivity contribution in [2.75, 3.05) is 6.61 Å². The van der Waals surface area contributed by atoms with E-state index in [2.05, 4.69) is 0 Å². The molecule has 0 aliphatic rings. The number of rotatable bonds is 5. The number of ether oxygens (including phenoxy) is 1. The van der Waals surface area contributed by atoms with Gasteiger partial charge in [-0.15, -0.1) is 11.3 Å². The third-order valence-electron chi connectivity index (χ3n) is 2.66. The lowest BCUT2D eigenvalue weighted by atomic mass is 10.1. The molecule has 0 aliphatic carbocycles. The molecule has 2 N–H and O–H groups in total. The third-order valence-corrected chi connectivity index (χ3v) is 3.60. The lowest BCUT2D eigenvalue weighted by Gasteiger charge is -2.14. The first kappa shape index (κ1) is 13.1. The fraction of sp³-hybridized carbons (Fsp3) is 0.286. The van der Waals surface area contributed by atoms with Crippen molar-refractivity contribution >= 4 is 11.3 Å². The summed E-state index contributed by atoms with van der Waals surface area (Å²) in [4.78, 5) is 1.23. The first-order valence-electron chi connectivity index (χ1n) is 5.87. The molecular formula is C14H16FNOS. The fourth-order valence-electron chi connectivity index (χ4n) is 1.74. The number of hydrogen-bond acceptors (Lipinski definition) is 3. The van der Waals surface area contributed by atoms with Crippen LogP contribution >= 0.6 is 11.3 Å². The van der Waals surface area contributed by atoms with Crippen LogP contribution in [0, 0.1) is 5.82 Å². The Morgan fingerprint density at radius 3 is 2.83 bits per heavy atom. The predicted octanol–water partition coefficient (Wildman–Crippen LogP) is 3.53. The SMILES string of the molecule is C[C@@H](N)c1cccc(F)c1OCCc1cccs1. The Morgan fingerprint density at radius 2 is 2.17 bits per heavy atom. The summed E-state index contributed by atoms with van der Waals surface area (Å²) in [7, 11) is 0. The molecule has 0 fully saturated rings. The molecule has 2 rings (SSSR count). The summed E-state index contributed by atoms with van der Waals surface area (Å²) in [6.07, 6.45) is 0.782. The van der Waals surface area contributed by atoms with E-state index in [9.17, 15) is 4.39 Å². The molecular weight excluding hydrogens is 249 g/mol. The normalized spacial score (nSPS) is 12.4. The van der Waals surface area contributed by atoms with E-state index in [1.54, 1.807) is 23.5 Å². The molecule has 4 heteroatoms. The molecule has 0 aliphatic heterocycles. The highest BCUT2D eigenvalue weighted by atomic mass is 32.1. The standard InChI is InChI=1S/C14H16FNOS/c1-10(16)12-5-2-6-13(15)14(12)17-8-7-11-4-3-9-18-11/h2-6,9-10H,7-8,16H2,1H3/t10-/m1/s1. The van der Waals surface area contributed by atoms with Crippen molar-refractivity contribution in [2.24, 2.45) is 5.73 Å². The molecule has 2 nitrogen and oxygen atoms in total. The van der Waals surface area contributed by atoms with Gasteiger partial charge in [-0.1, -0.05) is 18.2 Å². The smallest absolute Gasteiger partial charge is 0.165 e. The Balaban J connectivity index is 2.04. The average Bonchev–Trinajstić information content (AvgIpc) is 2.84. The second kappa shape index (κ2) is 5.98. The van der Waals surface area contributed by atoms with Gasteiger partial charge in [0.15, 0.2) is 11.6 Å². The van der Waals surface area contributed by atoms with E-state index in [4.69, 9.17) is 10.5 Å². The van der Waals surface area contributed by atoms with E-state index in [0.717, 1.165) is 6.42 Å². The Hall–Kier alpha value is -1.39. The molecule has 0 saturated carbocycles. The van der Waals surface area contributed by atoms with Crippen molar-refractivity contribution in [3.05, 3.63) is 52.0 Å². The minimum atomic E-state index is -0.351. The summed E-state index contributed by atoms with van der Waals surface area (Å²) < 4.78 is 19.3. The summed E-state index contributed by atoms with van der Waals surface area (Å²) in [5.41, 5.74) is 6.51. The maximum absolute atomic E-state index is 13.7. The van der Waals surface area contributed by atoms with Crippen LogP contribution in [0.5, 0.6) is 5.75 Å². The number of thiophene rings is 1. The molecule has 1 atom stereocenters. The molecule has 0 amide bonds. The van der Waals surface area contributed by atoms with Crippen LogP contribution in [0.1, 0.15) is 23.4 Å². The minimum absolute atomic E-state index is 0.238. The molecule has 0 saturated heterocycles. The highest BCUT2D eigenvalue weighted by molar-refractivity contribution is 7.09. The second-order valence-corrected chi connectivity index (χ2v) is 5.16. The highest BCUT2D eigenvalue weighted by Gasteiger charge is 2.12. The van der Waals surface area contributed by atoms with Crippen molar-refractivity contribution in [3.8, 4) is 5.75 Å². The molecule has 0 spiro atoms. The van der Waals surface area contributed by atoms with Crippen molar-refractivity contribution in [1.82, 2.24) is 0 Å². The van der Waals surface area contributed by atoms with Crippen molar-refractivity contribution in [1.29, 1.82) is 0 Å². The molecule has 2 aromatic rings. The van der Waals surface area contributed by atoms with Crippen LogP contribution in [-0.2, 0) is 6.42 Å². The first-order chi connectivity index (χ1) is 8.68. The molecule has 96 valence electrons. The number of benzene rings is 1. The third kappa shape index (κ3) is 3.09. The van der Waals surface area contributed by atoms with Gasteiger partial charge in [0.1, 0.15) is 0 Å². The molecule has 0 unspecified atom stereocenters. The summed E-state index contributed by atoms with van der Waals surface area (Å²) in [6, 6.07) is 8.65. The van der Waals surface area contributed by atoms with Gasteiger partial charge in [0.05, 0.1) is 6.61 Å². The van der Waals surface area contributed by atoms with Crippen LogP contribution in [0.2, 0.25) is 0 Å². The number of nitrogens with two attached hydrogens (primary N) is 1. The summed E-state index contributed by atoms with van der Waals surface area (Å²) in [5.74, 6) is -0.0694. The predicted molar refractivity (Wildman–Crippen MR) is 72.5 cm³/mol. The Bertz CT molecular complexity index is 497. The van der Waals surface area contributed by atoms with Crippen LogP contribution in [0.15, 0.2) is 35.7 Å². The first-order valence-corrected chi connectivity index (χ1v) is 6.75. The Morgan fingerprint density at radius 1 is 1.33 bits per heavy atom. The van der Waals surface area contributed by atoms with Gasteiger partial charge < -0.3 is 10.5 Å². The van der Waals surface area contributed by atoms with E-state index in [1.165, 1.54) is 10.9 Å². The number of hydrogen-bond donors (Lipinski definition) is 1. The highest BCUT2D eigenvalue weighted by Crippen LogP contribution is 2.27. The Kier molecular flexibility index (Phi) is 4.33. The van der Waals surface area contributed by atoms with Gasteiger partial charge in [0.2, 0.25) is 0 Å². The van der Waals surface area contributed by atoms with Gasteiger partial charge in [-0.3, -0.25) is 0 Å². The fourth-order valence-corrected chi connectivity index (χ4v) is 2.44. The van der Waals surface area contributed by atoms with E-state index in [-0.39, 0.29) is 17.6 Å². The van der Waals surface area contributed by atoms with Gasteiger partial charge in [-0.2, -0.15) is 0 Å². The second-order valence-electron chi connectivity index (χ2n) is 4.12. The van der Waals surface area contributed by atoms with Gasteiger partial charge in [-0.25, -0.2) is 4.39 Å². The number of halogens is 1. The van der Waals surface area contributed by atoms with Gasteiger partial charge >= 0.3 is 0 Å². The van der Waals surface area contributed by atoms with E-state index in [1.807, 2.05) is 24.4 Å². The molecule has 1 heterocycles. The number of para-hydroxylation sites is 1. The summed E-state index contributed by atoms with van der Waals surface area (Å²) >= 11 is 1.67. The summed E-state index contributed by atoms with van der Waals surface area (Å²) in [5, 5.41) is 2.02. The quantitative estimate of drug-likeness (QED) is 0.897. The molecule has 0 radical (unpaired) electrons. The van der Waals surface area contributed by atoms with Crippen molar-refractivity contribution in [2.45, 2.75) is 19.4 Å². The largest absolute Gasteiger partial charge is 0.490 e. The van der Waals surface area contributed by atoms with Crippen LogP contribution in [0.25, 0.3) is 0 Å². The zero-order valence-corrected chi connectivity index (χ0v) is 11.0. The van der Waals surface area contributed by atoms with Gasteiger partial charge in [0, 0.05) is 22.9 Å². The topological polar surface area (TPSA) is 35.2 Å². The van der Waals surface area contributed by atoms with Crippen molar-refractivity contribution < 1.29 is 9.13 Å². The lowest BCUT2D eigenvalue weighted by Crippen LogP contribution is -2.10. The zero-order chi connectivity index (χ0) is 13.0. The van der Waals surface area contributed by atoms with Crippen LogP contribution in [-0.4, -0.2) is 6.61 Å². The minimum Gasteiger partial charge on any atom is -0.490 e. The van der Waals surface area contributed by atoms with E-state index >= 15 is 0 Å². The Labute approximate surface area is 110 Å². The average molecular weight is 265 g/mol. The maximum Gasteiger partial charge on any atom is 0.165 e. The van der Waals surface area contributed by atoms with E-state index < -0.39 is 0 Å².